The second kappa shape index (κ2) is 4.48. The van der Waals surface area contributed by atoms with Crippen LogP contribution in [0.2, 0.25) is 0 Å². The summed E-state index contributed by atoms with van der Waals surface area (Å²) in [5.41, 5.74) is 1.72. The van der Waals surface area contributed by atoms with Crippen molar-refractivity contribution in [1.29, 1.82) is 0 Å². The molecule has 1 N–H and O–H groups in total. The highest BCUT2D eigenvalue weighted by Gasteiger charge is 1.90. The summed E-state index contributed by atoms with van der Waals surface area (Å²) >= 11 is 1.71. The van der Waals surface area contributed by atoms with Crippen LogP contribution in [0.25, 0.3) is 11.0 Å². The number of hydrogen-bond donors (Lipinski definition) is 1. The Morgan fingerprint density at radius 3 is 2.64 bits per heavy atom. The molecule has 0 aliphatic rings. The van der Waals surface area contributed by atoms with E-state index >= 15 is 0 Å². The van der Waals surface area contributed by atoms with Crippen molar-refractivity contribution in [2.45, 2.75) is 0 Å². The van der Waals surface area contributed by atoms with Crippen molar-refractivity contribution in [1.82, 2.24) is 20.2 Å². The lowest BCUT2D eigenvalue weighted by molar-refractivity contribution is 1.11. The van der Waals surface area contributed by atoms with Crippen molar-refractivity contribution >= 4 is 22.4 Å². The number of nitrogens with zero attached hydrogens (tertiary/aromatic N) is 3. The van der Waals surface area contributed by atoms with Gasteiger partial charge in [0.2, 0.25) is 0 Å². The van der Waals surface area contributed by atoms with Gasteiger partial charge in [-0.05, 0) is 10.8 Å². The Hall–Kier alpha value is -1.75. The standard InChI is InChI=1S/C5H4N4.C4H4S/c1-5-4(2-8-9-5)7-3-6-1;1-2-4-5-3-1/h1-3H,(H,8,9);1-4H. The van der Waals surface area contributed by atoms with Gasteiger partial charge in [-0.2, -0.15) is 16.4 Å². The van der Waals surface area contributed by atoms with Gasteiger partial charge in [-0.3, -0.25) is 5.10 Å². The Balaban J connectivity index is 0.000000128. The number of H-pyrrole nitrogens is 1. The fourth-order valence-electron chi connectivity index (χ4n) is 0.918. The van der Waals surface area contributed by atoms with Crippen molar-refractivity contribution in [2.75, 3.05) is 0 Å². The Kier molecular flexibility index (Phi) is 2.82. The number of thiophene rings is 1. The summed E-state index contributed by atoms with van der Waals surface area (Å²) in [6, 6.07) is 4.04. The van der Waals surface area contributed by atoms with Crippen molar-refractivity contribution in [3.8, 4) is 0 Å². The van der Waals surface area contributed by atoms with E-state index in [1.807, 2.05) is 22.9 Å². The molecular formula is C9H8N4S. The molecule has 14 heavy (non-hydrogen) atoms. The monoisotopic (exact) mass is 204 g/mol. The predicted molar refractivity (Wildman–Crippen MR) is 56.0 cm³/mol. The van der Waals surface area contributed by atoms with E-state index in [1.165, 1.54) is 6.33 Å². The van der Waals surface area contributed by atoms with Gasteiger partial charge in [0.05, 0.1) is 12.4 Å². The van der Waals surface area contributed by atoms with Crippen molar-refractivity contribution in [2.24, 2.45) is 0 Å². The minimum absolute atomic E-state index is 0.852. The van der Waals surface area contributed by atoms with Gasteiger partial charge in [-0.15, -0.1) is 0 Å². The summed E-state index contributed by atoms with van der Waals surface area (Å²) in [6.07, 6.45) is 4.85. The molecule has 70 valence electrons. The third kappa shape index (κ3) is 2.14. The maximum absolute atomic E-state index is 3.94. The Labute approximate surface area is 84.7 Å². The van der Waals surface area contributed by atoms with Gasteiger partial charge in [0, 0.05) is 0 Å². The van der Waals surface area contributed by atoms with E-state index in [-0.39, 0.29) is 0 Å². The summed E-state index contributed by atoms with van der Waals surface area (Å²) in [6.45, 7) is 0. The minimum atomic E-state index is 0.852. The average molecular weight is 204 g/mol. The van der Waals surface area contributed by atoms with Crippen LogP contribution in [0.3, 0.4) is 0 Å². The highest BCUT2D eigenvalue weighted by atomic mass is 32.1. The Morgan fingerprint density at radius 2 is 2.00 bits per heavy atom. The molecule has 4 nitrogen and oxygen atoms in total. The molecule has 0 atom stereocenters. The lowest BCUT2D eigenvalue weighted by atomic mass is 10.5. The number of aromatic amines is 1. The number of hydrogen-bond acceptors (Lipinski definition) is 4. The van der Waals surface area contributed by atoms with E-state index in [9.17, 15) is 0 Å². The van der Waals surface area contributed by atoms with Gasteiger partial charge >= 0.3 is 0 Å². The topological polar surface area (TPSA) is 54.5 Å². The predicted octanol–water partition coefficient (Wildman–Crippen LogP) is 2.10. The van der Waals surface area contributed by atoms with Gasteiger partial charge in [-0.25, -0.2) is 9.97 Å². The van der Waals surface area contributed by atoms with Crippen LogP contribution in [0.5, 0.6) is 0 Å². The largest absolute Gasteiger partial charge is 0.275 e. The van der Waals surface area contributed by atoms with Gasteiger partial charge in [0.15, 0.2) is 0 Å². The molecule has 3 aromatic heterocycles. The second-order valence-electron chi connectivity index (χ2n) is 2.48. The first-order valence-corrected chi connectivity index (χ1v) is 4.97. The third-order valence-electron chi connectivity index (χ3n) is 1.54. The molecular weight excluding hydrogens is 196 g/mol. The normalized spacial score (nSPS) is 9.43. The molecule has 0 fully saturated rings. The molecule has 0 amide bonds. The molecule has 3 aromatic rings. The lowest BCUT2D eigenvalue weighted by Crippen LogP contribution is -1.74. The van der Waals surface area contributed by atoms with E-state index in [0.717, 1.165) is 11.0 Å². The third-order valence-corrected chi connectivity index (χ3v) is 2.17. The first-order valence-electron chi connectivity index (χ1n) is 4.03. The van der Waals surface area contributed by atoms with Crippen LogP contribution in [-0.2, 0) is 0 Å². The summed E-state index contributed by atoms with van der Waals surface area (Å²) in [7, 11) is 0. The van der Waals surface area contributed by atoms with Crippen molar-refractivity contribution in [3.05, 3.63) is 41.6 Å². The number of rotatable bonds is 0. The SMILES string of the molecule is c1ccsc1.c1ncc2[nH]ncc2n1. The Bertz CT molecular complexity index is 427. The van der Waals surface area contributed by atoms with E-state index in [1.54, 1.807) is 23.7 Å². The van der Waals surface area contributed by atoms with Crippen LogP contribution < -0.4 is 0 Å². The summed E-state index contributed by atoms with van der Waals surface area (Å²) in [5.74, 6) is 0. The van der Waals surface area contributed by atoms with E-state index in [4.69, 9.17) is 0 Å². The van der Waals surface area contributed by atoms with Crippen LogP contribution in [0, 0.1) is 0 Å². The van der Waals surface area contributed by atoms with E-state index in [2.05, 4.69) is 20.2 Å². The van der Waals surface area contributed by atoms with Crippen LogP contribution >= 0.6 is 11.3 Å². The van der Waals surface area contributed by atoms with E-state index < -0.39 is 0 Å². The zero-order valence-electron chi connectivity index (χ0n) is 7.29. The fourth-order valence-corrected chi connectivity index (χ4v) is 1.37. The average Bonchev–Trinajstić information content (AvgIpc) is 2.92. The molecule has 0 spiro atoms. The van der Waals surface area contributed by atoms with Crippen LogP contribution in [0.1, 0.15) is 0 Å². The first kappa shape index (κ1) is 8.83. The highest BCUT2D eigenvalue weighted by molar-refractivity contribution is 7.07. The summed E-state index contributed by atoms with van der Waals surface area (Å²) in [5, 5.41) is 10.6. The molecule has 3 heterocycles. The molecule has 0 saturated heterocycles. The summed E-state index contributed by atoms with van der Waals surface area (Å²) in [4.78, 5) is 7.74. The fraction of sp³-hybridized carbons (Fsp3) is 0. The van der Waals surface area contributed by atoms with Gasteiger partial charge in [0.1, 0.15) is 17.4 Å². The molecule has 0 radical (unpaired) electrons. The number of fused-ring (bicyclic) bond motifs is 1. The lowest BCUT2D eigenvalue weighted by Gasteiger charge is -1.80. The smallest absolute Gasteiger partial charge is 0.116 e. The maximum Gasteiger partial charge on any atom is 0.116 e. The van der Waals surface area contributed by atoms with Crippen molar-refractivity contribution in [3.63, 3.8) is 0 Å². The first-order chi connectivity index (χ1) is 6.97. The molecule has 0 bridgehead atoms. The van der Waals surface area contributed by atoms with E-state index in [0.29, 0.717) is 0 Å². The van der Waals surface area contributed by atoms with Gasteiger partial charge < -0.3 is 0 Å². The van der Waals surface area contributed by atoms with Crippen LogP contribution in [0.15, 0.2) is 41.6 Å². The number of nitrogens with one attached hydrogen (secondary N) is 1. The zero-order chi connectivity index (χ0) is 9.64. The molecule has 0 saturated carbocycles. The van der Waals surface area contributed by atoms with Crippen molar-refractivity contribution < 1.29 is 0 Å². The molecule has 0 unspecified atom stereocenters. The van der Waals surface area contributed by atoms with Gasteiger partial charge in [0.25, 0.3) is 0 Å². The zero-order valence-corrected chi connectivity index (χ0v) is 8.11. The van der Waals surface area contributed by atoms with Crippen LogP contribution in [-0.4, -0.2) is 20.2 Å². The number of aromatic nitrogens is 4. The molecule has 5 heteroatoms. The quantitative estimate of drug-likeness (QED) is 0.610. The van der Waals surface area contributed by atoms with Crippen LogP contribution in [0.4, 0.5) is 0 Å². The maximum atomic E-state index is 3.94. The molecule has 0 aliphatic heterocycles. The molecule has 0 aromatic carbocycles. The Morgan fingerprint density at radius 1 is 1.14 bits per heavy atom. The second-order valence-corrected chi connectivity index (χ2v) is 3.30. The van der Waals surface area contributed by atoms with Gasteiger partial charge in [-0.1, -0.05) is 12.1 Å². The minimum Gasteiger partial charge on any atom is -0.275 e. The molecule has 0 aliphatic carbocycles. The summed E-state index contributed by atoms with van der Waals surface area (Å²) < 4.78 is 0. The highest BCUT2D eigenvalue weighted by Crippen LogP contribution is 2.00. The molecule has 3 rings (SSSR count).